The van der Waals surface area contributed by atoms with Crippen molar-refractivity contribution in [3.05, 3.63) is 74.6 Å². The molecule has 0 radical (unpaired) electrons. The number of rotatable bonds is 5. The van der Waals surface area contributed by atoms with Crippen molar-refractivity contribution >= 4 is 27.6 Å². The Morgan fingerprint density at radius 1 is 1.11 bits per heavy atom. The van der Waals surface area contributed by atoms with Crippen LogP contribution in [0.3, 0.4) is 0 Å². The van der Waals surface area contributed by atoms with Crippen molar-refractivity contribution < 1.29 is 19.4 Å². The fourth-order valence-electron chi connectivity index (χ4n) is 5.21. The molecule has 0 bridgehead atoms. The number of allylic oxidation sites excluding steroid dienone is 2. The summed E-state index contributed by atoms with van der Waals surface area (Å²) in [4.78, 5) is 28.0. The molecule has 2 atom stereocenters. The molecular formula is C29H33NO5. The summed E-state index contributed by atoms with van der Waals surface area (Å²) in [6, 6.07) is 5.49. The smallest absolute Gasteiger partial charge is 0.307 e. The van der Waals surface area contributed by atoms with Crippen LogP contribution in [0.15, 0.2) is 46.8 Å². The van der Waals surface area contributed by atoms with Gasteiger partial charge in [0.15, 0.2) is 0 Å². The van der Waals surface area contributed by atoms with E-state index in [1.165, 1.54) is 0 Å². The largest absolute Gasteiger partial charge is 0.497 e. The van der Waals surface area contributed by atoms with Crippen LogP contribution >= 0.6 is 0 Å². The van der Waals surface area contributed by atoms with Gasteiger partial charge in [0.05, 0.1) is 36.1 Å². The molecule has 0 saturated carbocycles. The van der Waals surface area contributed by atoms with E-state index in [-0.39, 0.29) is 29.6 Å². The first-order valence-corrected chi connectivity index (χ1v) is 11.8. The van der Waals surface area contributed by atoms with Crippen LogP contribution in [0.2, 0.25) is 0 Å². The van der Waals surface area contributed by atoms with Gasteiger partial charge < -0.3 is 19.6 Å². The molecule has 4 rings (SSSR count). The van der Waals surface area contributed by atoms with Crippen LogP contribution in [0.25, 0.3) is 21.7 Å². The first-order chi connectivity index (χ1) is 16.4. The van der Waals surface area contributed by atoms with Crippen LogP contribution in [-0.2, 0) is 16.0 Å². The lowest BCUT2D eigenvalue weighted by Crippen LogP contribution is -2.32. The maximum atomic E-state index is 13.0. The molecular weight excluding hydrogens is 442 g/mol. The van der Waals surface area contributed by atoms with Crippen molar-refractivity contribution in [2.24, 2.45) is 0 Å². The van der Waals surface area contributed by atoms with Gasteiger partial charge in [-0.05, 0) is 87.4 Å². The standard InChI is InChI=1S/C29H33NO5/c1-15-8-10-20(23(12-15)35-29(4,5)6)25-17(3)26-19-11-9-18(34-7)13-22(19)28(33)30-27(26)16(2)21(25)14-24(31)32/h8-13,20,23H,14H2,1-7H3,(H,30,33)(H,31,32). The van der Waals surface area contributed by atoms with Crippen LogP contribution in [-0.4, -0.2) is 34.9 Å². The molecule has 0 amide bonds. The van der Waals surface area contributed by atoms with Crippen molar-refractivity contribution in [2.45, 2.75) is 65.6 Å². The summed E-state index contributed by atoms with van der Waals surface area (Å²) < 4.78 is 11.8. The van der Waals surface area contributed by atoms with Gasteiger partial charge in [-0.2, -0.15) is 0 Å². The molecule has 0 spiro atoms. The van der Waals surface area contributed by atoms with E-state index in [1.807, 2.05) is 53.7 Å². The number of H-pyrrole nitrogens is 1. The number of ether oxygens (including phenoxy) is 2. The molecule has 1 aromatic heterocycles. The van der Waals surface area contributed by atoms with E-state index >= 15 is 0 Å². The number of carboxylic acids is 1. The summed E-state index contributed by atoms with van der Waals surface area (Å²) in [6.07, 6.45) is 5.89. The van der Waals surface area contributed by atoms with Gasteiger partial charge in [-0.3, -0.25) is 9.59 Å². The number of aromatic nitrogens is 1. The van der Waals surface area contributed by atoms with Crippen LogP contribution in [0.4, 0.5) is 0 Å². The van der Waals surface area contributed by atoms with Crippen LogP contribution in [0.5, 0.6) is 5.75 Å². The number of nitrogens with one attached hydrogen (secondary N) is 1. The van der Waals surface area contributed by atoms with Crippen LogP contribution in [0, 0.1) is 13.8 Å². The highest BCUT2D eigenvalue weighted by molar-refractivity contribution is 6.09. The van der Waals surface area contributed by atoms with E-state index in [9.17, 15) is 14.7 Å². The van der Waals surface area contributed by atoms with Crippen molar-refractivity contribution in [1.29, 1.82) is 0 Å². The maximum absolute atomic E-state index is 13.0. The minimum absolute atomic E-state index is 0.143. The predicted octanol–water partition coefficient (Wildman–Crippen LogP) is 5.72. The Kier molecular flexibility index (Phi) is 6.36. The minimum atomic E-state index is -0.916. The highest BCUT2D eigenvalue weighted by atomic mass is 16.5. The van der Waals surface area contributed by atoms with Gasteiger partial charge in [0.1, 0.15) is 5.75 Å². The minimum Gasteiger partial charge on any atom is -0.497 e. The zero-order valence-corrected chi connectivity index (χ0v) is 21.4. The Morgan fingerprint density at radius 2 is 1.83 bits per heavy atom. The third-order valence-corrected chi connectivity index (χ3v) is 6.66. The Bertz CT molecular complexity index is 1450. The average molecular weight is 476 g/mol. The summed E-state index contributed by atoms with van der Waals surface area (Å²) in [7, 11) is 1.57. The molecule has 1 aliphatic carbocycles. The number of aryl methyl sites for hydroxylation is 2. The molecule has 0 fully saturated rings. The van der Waals surface area contributed by atoms with Crippen LogP contribution < -0.4 is 10.3 Å². The lowest BCUT2D eigenvalue weighted by molar-refractivity contribution is -0.136. The normalized spacial score (nSPS) is 18.2. The van der Waals surface area contributed by atoms with Gasteiger partial charge in [-0.15, -0.1) is 0 Å². The van der Waals surface area contributed by atoms with E-state index in [1.54, 1.807) is 13.2 Å². The maximum Gasteiger partial charge on any atom is 0.307 e. The van der Waals surface area contributed by atoms with Crippen molar-refractivity contribution in [3.63, 3.8) is 0 Å². The number of methoxy groups -OCH3 is 1. The quantitative estimate of drug-likeness (QED) is 0.461. The molecule has 35 heavy (non-hydrogen) atoms. The highest BCUT2D eigenvalue weighted by Crippen LogP contribution is 2.41. The second-order valence-electron chi connectivity index (χ2n) is 10.3. The molecule has 6 heteroatoms. The number of benzene rings is 2. The number of aromatic amines is 1. The SMILES string of the molecule is COc1ccc2c(c1)c(=O)[nH]c1c(C)c(CC(=O)O)c(C3C=CC(C)=CC3OC(C)(C)C)c(C)c12. The third-order valence-electron chi connectivity index (χ3n) is 6.66. The Morgan fingerprint density at radius 3 is 2.46 bits per heavy atom. The predicted molar refractivity (Wildman–Crippen MR) is 140 cm³/mol. The van der Waals surface area contributed by atoms with Gasteiger partial charge in [0.2, 0.25) is 0 Å². The fraction of sp³-hybridized carbons (Fsp3) is 0.379. The Labute approximate surface area is 205 Å². The Balaban J connectivity index is 2.10. The average Bonchev–Trinajstić information content (AvgIpc) is 2.76. The lowest BCUT2D eigenvalue weighted by Gasteiger charge is -2.35. The van der Waals surface area contributed by atoms with E-state index in [0.29, 0.717) is 16.7 Å². The van der Waals surface area contributed by atoms with Crippen molar-refractivity contribution in [3.8, 4) is 5.75 Å². The summed E-state index contributed by atoms with van der Waals surface area (Å²) in [5.74, 6) is -0.481. The molecule has 2 aromatic carbocycles. The van der Waals surface area contributed by atoms with Gasteiger partial charge in [0, 0.05) is 11.3 Å². The summed E-state index contributed by atoms with van der Waals surface area (Å²) in [6.45, 7) is 12.0. The number of carboxylic acid groups (broad SMARTS) is 1. The zero-order valence-electron chi connectivity index (χ0n) is 21.4. The lowest BCUT2D eigenvalue weighted by atomic mass is 9.78. The van der Waals surface area contributed by atoms with Crippen molar-refractivity contribution in [1.82, 2.24) is 4.98 Å². The molecule has 1 heterocycles. The fourth-order valence-corrected chi connectivity index (χ4v) is 5.21. The van der Waals surface area contributed by atoms with Gasteiger partial charge in [-0.1, -0.05) is 23.8 Å². The van der Waals surface area contributed by atoms with E-state index in [2.05, 4.69) is 23.2 Å². The number of hydrogen-bond donors (Lipinski definition) is 2. The van der Waals surface area contributed by atoms with E-state index < -0.39 is 5.97 Å². The molecule has 0 aliphatic heterocycles. The van der Waals surface area contributed by atoms with Crippen molar-refractivity contribution in [2.75, 3.05) is 7.11 Å². The summed E-state index contributed by atoms with van der Waals surface area (Å²) in [5.41, 5.74) is 4.54. The second-order valence-corrected chi connectivity index (χ2v) is 10.3. The number of hydrogen-bond acceptors (Lipinski definition) is 4. The van der Waals surface area contributed by atoms with Gasteiger partial charge in [0.25, 0.3) is 5.56 Å². The molecule has 3 aromatic rings. The van der Waals surface area contributed by atoms with E-state index in [4.69, 9.17) is 9.47 Å². The number of carbonyl (C=O) groups is 1. The number of aliphatic carboxylic acids is 1. The first kappa shape index (κ1) is 24.7. The van der Waals surface area contributed by atoms with E-state index in [0.717, 1.165) is 38.6 Å². The molecule has 0 saturated heterocycles. The second kappa shape index (κ2) is 9.00. The molecule has 1 aliphatic rings. The van der Waals surface area contributed by atoms with Crippen LogP contribution in [0.1, 0.15) is 55.9 Å². The topological polar surface area (TPSA) is 88.6 Å². The number of fused-ring (bicyclic) bond motifs is 3. The molecule has 2 N–H and O–H groups in total. The third kappa shape index (κ3) is 4.63. The van der Waals surface area contributed by atoms with Gasteiger partial charge >= 0.3 is 5.97 Å². The molecule has 184 valence electrons. The Hall–Kier alpha value is -3.38. The highest BCUT2D eigenvalue weighted by Gasteiger charge is 2.32. The number of pyridine rings is 1. The monoisotopic (exact) mass is 475 g/mol. The molecule has 2 unspecified atom stereocenters. The summed E-state index contributed by atoms with van der Waals surface area (Å²) >= 11 is 0. The zero-order chi connectivity index (χ0) is 25.7. The first-order valence-electron chi connectivity index (χ1n) is 11.8. The molecule has 6 nitrogen and oxygen atoms in total. The summed E-state index contributed by atoms with van der Waals surface area (Å²) in [5, 5.41) is 12.1. The van der Waals surface area contributed by atoms with Gasteiger partial charge in [-0.25, -0.2) is 0 Å².